The van der Waals surface area contributed by atoms with E-state index in [1.54, 1.807) is 7.11 Å². The second-order valence-electron chi connectivity index (χ2n) is 4.89. The van der Waals surface area contributed by atoms with E-state index >= 15 is 0 Å². The fourth-order valence-electron chi connectivity index (χ4n) is 2.40. The molecule has 0 aliphatic rings. The highest BCUT2D eigenvalue weighted by molar-refractivity contribution is 6.42. The third kappa shape index (κ3) is 3.70. The Morgan fingerprint density at radius 1 is 1.10 bits per heavy atom. The van der Waals surface area contributed by atoms with Crippen LogP contribution in [0.2, 0.25) is 10.0 Å². The third-order valence-electron chi connectivity index (χ3n) is 3.47. The van der Waals surface area contributed by atoms with Gasteiger partial charge in [-0.1, -0.05) is 42.3 Å². The maximum atomic E-state index is 6.15. The van der Waals surface area contributed by atoms with Crippen LogP contribution in [0.25, 0.3) is 0 Å². The Balaban J connectivity index is 2.45. The van der Waals surface area contributed by atoms with Crippen molar-refractivity contribution in [2.45, 2.75) is 19.9 Å². The number of aryl methyl sites for hydroxylation is 1. The molecule has 0 amide bonds. The van der Waals surface area contributed by atoms with Crippen molar-refractivity contribution >= 4 is 23.2 Å². The van der Waals surface area contributed by atoms with E-state index in [1.807, 2.05) is 30.3 Å². The molecule has 0 fully saturated rings. The molecule has 0 aromatic heterocycles. The zero-order valence-corrected chi connectivity index (χ0v) is 13.9. The van der Waals surface area contributed by atoms with E-state index in [0.29, 0.717) is 10.0 Å². The van der Waals surface area contributed by atoms with Crippen LogP contribution in [0.15, 0.2) is 36.4 Å². The molecule has 0 saturated carbocycles. The van der Waals surface area contributed by atoms with Gasteiger partial charge in [0.1, 0.15) is 5.75 Å². The molecule has 2 rings (SSSR count). The number of rotatable bonds is 5. The molecule has 0 aliphatic carbocycles. The second kappa shape index (κ2) is 7.17. The van der Waals surface area contributed by atoms with Gasteiger partial charge in [0.25, 0.3) is 0 Å². The SMILES string of the molecule is CCNC(c1ccc(Cl)c(Cl)c1)c1ccc(OC)cc1C. The van der Waals surface area contributed by atoms with Gasteiger partial charge in [-0.2, -0.15) is 0 Å². The number of methoxy groups -OCH3 is 1. The third-order valence-corrected chi connectivity index (χ3v) is 4.21. The fourth-order valence-corrected chi connectivity index (χ4v) is 2.71. The Hall–Kier alpha value is -1.22. The predicted molar refractivity (Wildman–Crippen MR) is 89.7 cm³/mol. The Morgan fingerprint density at radius 3 is 2.43 bits per heavy atom. The van der Waals surface area contributed by atoms with E-state index in [0.717, 1.165) is 17.9 Å². The summed E-state index contributed by atoms with van der Waals surface area (Å²) < 4.78 is 5.27. The largest absolute Gasteiger partial charge is 0.497 e. The van der Waals surface area contributed by atoms with Crippen LogP contribution in [0.3, 0.4) is 0 Å². The molecular weight excluding hydrogens is 305 g/mol. The van der Waals surface area contributed by atoms with Crippen molar-refractivity contribution in [3.8, 4) is 5.75 Å². The first-order chi connectivity index (χ1) is 10.1. The van der Waals surface area contributed by atoms with Crippen molar-refractivity contribution in [1.29, 1.82) is 0 Å². The van der Waals surface area contributed by atoms with Gasteiger partial charge in [-0.05, 0) is 54.4 Å². The van der Waals surface area contributed by atoms with E-state index in [2.05, 4.69) is 25.2 Å². The van der Waals surface area contributed by atoms with E-state index in [4.69, 9.17) is 27.9 Å². The van der Waals surface area contributed by atoms with E-state index in [9.17, 15) is 0 Å². The lowest BCUT2D eigenvalue weighted by molar-refractivity contribution is 0.414. The van der Waals surface area contributed by atoms with Crippen LogP contribution in [-0.4, -0.2) is 13.7 Å². The first-order valence-corrected chi connectivity index (χ1v) is 7.65. The molecule has 112 valence electrons. The van der Waals surface area contributed by atoms with Gasteiger partial charge >= 0.3 is 0 Å². The number of halogens is 2. The normalized spacial score (nSPS) is 12.2. The number of benzene rings is 2. The molecule has 4 heteroatoms. The minimum atomic E-state index is 0.0793. The Bertz CT molecular complexity index is 628. The molecule has 0 aliphatic heterocycles. The van der Waals surface area contributed by atoms with Gasteiger partial charge < -0.3 is 10.1 Å². The summed E-state index contributed by atoms with van der Waals surface area (Å²) in [5.74, 6) is 0.862. The first-order valence-electron chi connectivity index (χ1n) is 6.89. The van der Waals surface area contributed by atoms with Gasteiger partial charge in [0.15, 0.2) is 0 Å². The maximum absolute atomic E-state index is 6.15. The lowest BCUT2D eigenvalue weighted by Gasteiger charge is -2.22. The van der Waals surface area contributed by atoms with Crippen LogP contribution in [-0.2, 0) is 0 Å². The highest BCUT2D eigenvalue weighted by Crippen LogP contribution is 2.31. The molecule has 0 spiro atoms. The van der Waals surface area contributed by atoms with Gasteiger partial charge in [-0.25, -0.2) is 0 Å². The van der Waals surface area contributed by atoms with Crippen molar-refractivity contribution in [3.05, 3.63) is 63.1 Å². The molecular formula is C17H19Cl2NO. The summed E-state index contributed by atoms with van der Waals surface area (Å²) in [7, 11) is 1.68. The smallest absolute Gasteiger partial charge is 0.119 e. The van der Waals surface area contributed by atoms with Gasteiger partial charge in [0, 0.05) is 0 Å². The summed E-state index contributed by atoms with van der Waals surface area (Å²) in [6, 6.07) is 11.9. The van der Waals surface area contributed by atoms with Crippen LogP contribution >= 0.6 is 23.2 Å². The van der Waals surface area contributed by atoms with E-state index in [-0.39, 0.29) is 6.04 Å². The van der Waals surface area contributed by atoms with Gasteiger partial charge in [-0.3, -0.25) is 0 Å². The van der Waals surface area contributed by atoms with Crippen LogP contribution in [0.4, 0.5) is 0 Å². The Kier molecular flexibility index (Phi) is 5.51. The molecule has 1 N–H and O–H groups in total. The van der Waals surface area contributed by atoms with Crippen LogP contribution in [0, 0.1) is 6.92 Å². The zero-order chi connectivity index (χ0) is 15.4. The van der Waals surface area contributed by atoms with Crippen molar-refractivity contribution in [1.82, 2.24) is 5.32 Å². The molecule has 2 nitrogen and oxygen atoms in total. The van der Waals surface area contributed by atoms with Gasteiger partial charge in [-0.15, -0.1) is 0 Å². The highest BCUT2D eigenvalue weighted by Gasteiger charge is 2.16. The average molecular weight is 324 g/mol. The number of hydrogen-bond acceptors (Lipinski definition) is 2. The topological polar surface area (TPSA) is 21.3 Å². The Labute approximate surface area is 136 Å². The number of nitrogens with one attached hydrogen (secondary N) is 1. The molecule has 0 saturated heterocycles. The molecule has 1 unspecified atom stereocenters. The summed E-state index contributed by atoms with van der Waals surface area (Å²) in [6.45, 7) is 5.03. The molecule has 0 bridgehead atoms. The summed E-state index contributed by atoms with van der Waals surface area (Å²) in [4.78, 5) is 0. The quantitative estimate of drug-likeness (QED) is 0.835. The second-order valence-corrected chi connectivity index (χ2v) is 5.70. The summed E-state index contributed by atoms with van der Waals surface area (Å²) in [5.41, 5.74) is 3.47. The van der Waals surface area contributed by atoms with Crippen molar-refractivity contribution in [2.75, 3.05) is 13.7 Å². The standard InChI is InChI=1S/C17H19Cl2NO/c1-4-20-17(12-5-8-15(18)16(19)10-12)14-7-6-13(21-3)9-11(14)2/h5-10,17,20H,4H2,1-3H3. The van der Waals surface area contributed by atoms with Gasteiger partial charge in [0.2, 0.25) is 0 Å². The maximum Gasteiger partial charge on any atom is 0.119 e. The molecule has 2 aromatic carbocycles. The van der Waals surface area contributed by atoms with Crippen LogP contribution < -0.4 is 10.1 Å². The monoisotopic (exact) mass is 323 g/mol. The molecule has 0 heterocycles. The van der Waals surface area contributed by atoms with Crippen LogP contribution in [0.1, 0.15) is 29.7 Å². The minimum Gasteiger partial charge on any atom is -0.497 e. The number of hydrogen-bond donors (Lipinski definition) is 1. The highest BCUT2D eigenvalue weighted by atomic mass is 35.5. The van der Waals surface area contributed by atoms with Crippen molar-refractivity contribution in [3.63, 3.8) is 0 Å². The zero-order valence-electron chi connectivity index (χ0n) is 12.4. The lowest BCUT2D eigenvalue weighted by Crippen LogP contribution is -2.22. The fraction of sp³-hybridized carbons (Fsp3) is 0.294. The summed E-state index contributed by atoms with van der Waals surface area (Å²) >= 11 is 12.2. The average Bonchev–Trinajstić information content (AvgIpc) is 2.48. The molecule has 2 aromatic rings. The van der Waals surface area contributed by atoms with Crippen molar-refractivity contribution < 1.29 is 4.74 Å². The Morgan fingerprint density at radius 2 is 1.86 bits per heavy atom. The minimum absolute atomic E-state index is 0.0793. The summed E-state index contributed by atoms with van der Waals surface area (Å²) in [6.07, 6.45) is 0. The van der Waals surface area contributed by atoms with Crippen LogP contribution in [0.5, 0.6) is 5.75 Å². The van der Waals surface area contributed by atoms with E-state index < -0.39 is 0 Å². The predicted octanol–water partition coefficient (Wildman–Crippen LogP) is 5.01. The number of ether oxygens (including phenoxy) is 1. The van der Waals surface area contributed by atoms with Gasteiger partial charge in [0.05, 0.1) is 23.2 Å². The molecule has 0 radical (unpaired) electrons. The first kappa shape index (κ1) is 16.2. The lowest BCUT2D eigenvalue weighted by atomic mass is 9.94. The summed E-state index contributed by atoms with van der Waals surface area (Å²) in [5, 5.41) is 4.64. The molecule has 21 heavy (non-hydrogen) atoms. The molecule has 1 atom stereocenters. The van der Waals surface area contributed by atoms with Crippen molar-refractivity contribution in [2.24, 2.45) is 0 Å². The van der Waals surface area contributed by atoms with E-state index in [1.165, 1.54) is 11.1 Å².